The van der Waals surface area contributed by atoms with Gasteiger partial charge in [0.05, 0.1) is 37.9 Å². The number of hydrogen-bond acceptors (Lipinski definition) is 5. The highest BCUT2D eigenvalue weighted by Crippen LogP contribution is 2.37. The molecule has 180 valence electrons. The lowest BCUT2D eigenvalue weighted by atomic mass is 10.1. The number of carbonyl (C=O) groups is 1. The van der Waals surface area contributed by atoms with Gasteiger partial charge in [-0.05, 0) is 48.3 Å². The van der Waals surface area contributed by atoms with Crippen LogP contribution >= 0.6 is 35.1 Å². The molecule has 10 heteroatoms. The number of halogens is 3. The summed E-state index contributed by atoms with van der Waals surface area (Å²) in [6, 6.07) is 12.0. The molecule has 0 saturated carbocycles. The number of ether oxygens (including phenoxy) is 1. The number of hydrogen-bond donors (Lipinski definition) is 2. The Kier molecular flexibility index (Phi) is 7.04. The van der Waals surface area contributed by atoms with E-state index in [-0.39, 0.29) is 17.6 Å². The van der Waals surface area contributed by atoms with Gasteiger partial charge in [0.2, 0.25) is 0 Å². The van der Waals surface area contributed by atoms with Crippen LogP contribution in [-0.2, 0) is 0 Å². The van der Waals surface area contributed by atoms with E-state index in [9.17, 15) is 4.79 Å². The van der Waals surface area contributed by atoms with Gasteiger partial charge in [0, 0.05) is 43.7 Å². The largest absolute Gasteiger partial charge is 0.489 e. The number of nitrogens with one attached hydrogen (secondary N) is 2. The maximum absolute atomic E-state index is 15.3. The van der Waals surface area contributed by atoms with E-state index in [1.165, 1.54) is 6.07 Å². The molecule has 1 aliphatic rings. The monoisotopic (exact) mass is 530 g/mol. The fourth-order valence-electron chi connectivity index (χ4n) is 4.07. The average molecular weight is 531 g/mol. The van der Waals surface area contributed by atoms with Crippen LogP contribution in [-0.4, -0.2) is 40.0 Å². The molecule has 1 fully saturated rings. The molecule has 0 atom stereocenters. The molecule has 0 radical (unpaired) electrons. The lowest BCUT2D eigenvalue weighted by molar-refractivity contribution is 0.0590. The van der Waals surface area contributed by atoms with Crippen molar-refractivity contribution in [1.29, 1.82) is 0 Å². The normalized spacial score (nSPS) is 14.3. The molecule has 6 nitrogen and oxygen atoms in total. The van der Waals surface area contributed by atoms with Gasteiger partial charge in [0.1, 0.15) is 11.9 Å². The Balaban J connectivity index is 1.25. The predicted octanol–water partition coefficient (Wildman–Crippen LogP) is 6.81. The van der Waals surface area contributed by atoms with E-state index in [4.69, 9.17) is 27.9 Å². The molecule has 3 heterocycles. The third kappa shape index (κ3) is 5.05. The van der Waals surface area contributed by atoms with E-state index >= 15 is 4.39 Å². The van der Waals surface area contributed by atoms with Crippen molar-refractivity contribution in [2.75, 3.05) is 17.8 Å². The molecule has 1 amide bonds. The van der Waals surface area contributed by atoms with Gasteiger partial charge in [-0.25, -0.2) is 4.39 Å². The second-order valence-electron chi connectivity index (χ2n) is 8.10. The Morgan fingerprint density at radius 2 is 1.97 bits per heavy atom. The first-order valence-electron chi connectivity index (χ1n) is 11.0. The van der Waals surface area contributed by atoms with E-state index in [1.807, 2.05) is 12.1 Å². The summed E-state index contributed by atoms with van der Waals surface area (Å²) in [6.45, 7) is 0.990. The fourth-order valence-corrected chi connectivity index (χ4v) is 5.37. The maximum atomic E-state index is 15.3. The van der Waals surface area contributed by atoms with E-state index in [0.29, 0.717) is 57.7 Å². The number of likely N-dealkylation sites (tertiary alicyclic amines) is 1. The van der Waals surface area contributed by atoms with Crippen molar-refractivity contribution in [2.45, 2.75) is 23.8 Å². The van der Waals surface area contributed by atoms with E-state index in [1.54, 1.807) is 47.8 Å². The van der Waals surface area contributed by atoms with Crippen LogP contribution in [0.1, 0.15) is 23.2 Å². The molecule has 5 rings (SSSR count). The first-order chi connectivity index (χ1) is 17.0. The number of pyridine rings is 1. The molecule has 1 saturated heterocycles. The Labute approximate surface area is 215 Å². The third-order valence-electron chi connectivity index (χ3n) is 5.87. The Morgan fingerprint density at radius 1 is 1.14 bits per heavy atom. The number of rotatable bonds is 6. The topological polar surface area (TPSA) is 70.2 Å². The van der Waals surface area contributed by atoms with Gasteiger partial charge >= 0.3 is 0 Å². The summed E-state index contributed by atoms with van der Waals surface area (Å²) in [5.74, 6) is -0.173. The number of aromatic amines is 1. The molecule has 4 aromatic rings. The molecular weight excluding hydrogens is 510 g/mol. The van der Waals surface area contributed by atoms with Gasteiger partial charge in [-0.3, -0.25) is 9.78 Å². The number of aromatic nitrogens is 2. The lowest BCUT2D eigenvalue weighted by Crippen LogP contribution is -2.42. The number of H-pyrrole nitrogens is 1. The first-order valence-corrected chi connectivity index (χ1v) is 12.6. The molecule has 1 aliphatic heterocycles. The van der Waals surface area contributed by atoms with Crippen LogP contribution in [0.3, 0.4) is 0 Å². The maximum Gasteiger partial charge on any atom is 0.256 e. The number of piperidine rings is 1. The van der Waals surface area contributed by atoms with Crippen LogP contribution in [0.25, 0.3) is 10.9 Å². The summed E-state index contributed by atoms with van der Waals surface area (Å²) in [5, 5.41) is 1.72. The van der Waals surface area contributed by atoms with Crippen molar-refractivity contribution in [2.24, 2.45) is 0 Å². The zero-order valence-electron chi connectivity index (χ0n) is 18.4. The molecule has 2 aromatic carbocycles. The first kappa shape index (κ1) is 23.8. The number of anilines is 1. The number of fused-ring (bicyclic) bond motifs is 1. The summed E-state index contributed by atoms with van der Waals surface area (Å²) < 4.78 is 24.4. The number of nitrogens with zero attached hydrogens (tertiary/aromatic N) is 2. The zero-order chi connectivity index (χ0) is 24.4. The van der Waals surface area contributed by atoms with Crippen molar-refractivity contribution in [3.63, 3.8) is 0 Å². The molecule has 0 unspecified atom stereocenters. The predicted molar refractivity (Wildman–Crippen MR) is 138 cm³/mol. The zero-order valence-corrected chi connectivity index (χ0v) is 20.8. The summed E-state index contributed by atoms with van der Waals surface area (Å²) in [7, 11) is 0. The van der Waals surface area contributed by atoms with Crippen LogP contribution < -0.4 is 9.46 Å². The van der Waals surface area contributed by atoms with Gasteiger partial charge in [-0.1, -0.05) is 29.3 Å². The highest BCUT2D eigenvalue weighted by Gasteiger charge is 2.27. The minimum atomic E-state index is -0.557. The minimum absolute atomic E-state index is 0.00288. The highest BCUT2D eigenvalue weighted by atomic mass is 35.5. The SMILES string of the molecule is O=C(c1cccc(SNc2ccc(Cl)c3c(Cl)c[nH]c23)c1F)N1CCC(Oc2cccnc2)CC1. The van der Waals surface area contributed by atoms with Crippen LogP contribution in [0.5, 0.6) is 5.75 Å². The third-order valence-corrected chi connectivity index (χ3v) is 7.34. The molecule has 0 aliphatic carbocycles. The molecular formula is C25H21Cl2FN4O2S. The standard InChI is InChI=1S/C25H21Cl2FN4O2S/c26-18-6-7-20(24-22(18)19(27)14-30-24)31-35-21-5-1-4-17(23(21)28)25(33)32-11-8-15(9-12-32)34-16-3-2-10-29-13-16/h1-7,10,13-15,30-31H,8-9,11-12H2. The smallest absolute Gasteiger partial charge is 0.256 e. The molecule has 2 aromatic heterocycles. The summed E-state index contributed by atoms with van der Waals surface area (Å²) >= 11 is 13.5. The van der Waals surface area contributed by atoms with Gasteiger partial charge in [-0.2, -0.15) is 0 Å². The van der Waals surface area contributed by atoms with E-state index < -0.39 is 5.82 Å². The number of benzene rings is 2. The van der Waals surface area contributed by atoms with Crippen LogP contribution in [0.2, 0.25) is 10.0 Å². The van der Waals surface area contributed by atoms with Crippen molar-refractivity contribution in [1.82, 2.24) is 14.9 Å². The highest BCUT2D eigenvalue weighted by molar-refractivity contribution is 8.00. The van der Waals surface area contributed by atoms with Crippen molar-refractivity contribution in [3.8, 4) is 5.75 Å². The Hall–Kier alpha value is -2.94. The summed E-state index contributed by atoms with van der Waals surface area (Å²) in [6.07, 6.45) is 6.35. The second-order valence-corrected chi connectivity index (χ2v) is 9.76. The van der Waals surface area contributed by atoms with Crippen LogP contribution in [0, 0.1) is 5.82 Å². The van der Waals surface area contributed by atoms with Gasteiger partial charge in [-0.15, -0.1) is 0 Å². The van der Waals surface area contributed by atoms with Gasteiger partial charge in [0.15, 0.2) is 5.82 Å². The second kappa shape index (κ2) is 10.4. The Bertz CT molecular complexity index is 1360. The van der Waals surface area contributed by atoms with E-state index in [0.717, 1.165) is 17.5 Å². The quantitative estimate of drug-likeness (QED) is 0.268. The molecule has 2 N–H and O–H groups in total. The van der Waals surface area contributed by atoms with Crippen molar-refractivity contribution < 1.29 is 13.9 Å². The van der Waals surface area contributed by atoms with Crippen molar-refractivity contribution >= 4 is 57.6 Å². The molecule has 0 bridgehead atoms. The van der Waals surface area contributed by atoms with Crippen LogP contribution in [0.4, 0.5) is 10.1 Å². The summed E-state index contributed by atoms with van der Waals surface area (Å²) in [4.78, 5) is 22.2. The Morgan fingerprint density at radius 3 is 2.74 bits per heavy atom. The average Bonchev–Trinajstić information content (AvgIpc) is 3.28. The lowest BCUT2D eigenvalue weighted by Gasteiger charge is -2.32. The summed E-state index contributed by atoms with van der Waals surface area (Å²) in [5.41, 5.74) is 1.47. The van der Waals surface area contributed by atoms with Crippen LogP contribution in [0.15, 0.2) is 66.0 Å². The van der Waals surface area contributed by atoms with Crippen molar-refractivity contribution in [3.05, 3.63) is 82.5 Å². The van der Waals surface area contributed by atoms with Gasteiger partial charge in [0.25, 0.3) is 5.91 Å². The number of carbonyl (C=O) groups excluding carboxylic acids is 1. The van der Waals surface area contributed by atoms with E-state index in [2.05, 4.69) is 14.7 Å². The molecule has 0 spiro atoms. The molecule has 35 heavy (non-hydrogen) atoms. The number of amides is 1. The fraction of sp³-hybridized carbons (Fsp3) is 0.200. The van der Waals surface area contributed by atoms with Gasteiger partial charge < -0.3 is 19.3 Å². The minimum Gasteiger partial charge on any atom is -0.489 e.